The van der Waals surface area contributed by atoms with Crippen molar-refractivity contribution in [3.63, 3.8) is 0 Å². The summed E-state index contributed by atoms with van der Waals surface area (Å²) in [6.07, 6.45) is 3.03. The predicted octanol–water partition coefficient (Wildman–Crippen LogP) is 6.11. The Kier molecular flexibility index (Phi) is 6.50. The fourth-order valence-corrected chi connectivity index (χ4v) is 3.87. The van der Waals surface area contributed by atoms with Crippen molar-refractivity contribution in [2.24, 2.45) is 5.92 Å². The lowest BCUT2D eigenvalue weighted by Crippen LogP contribution is -2.35. The van der Waals surface area contributed by atoms with Crippen LogP contribution in [-0.4, -0.2) is 23.3 Å². The number of halogens is 2. The summed E-state index contributed by atoms with van der Waals surface area (Å²) in [7, 11) is 0. The van der Waals surface area contributed by atoms with Gasteiger partial charge in [-0.25, -0.2) is 4.79 Å². The molecular weight excluding hydrogens is 426 g/mol. The first-order chi connectivity index (χ1) is 15.9. The fourth-order valence-electron chi connectivity index (χ4n) is 3.87. The van der Waals surface area contributed by atoms with Crippen LogP contribution in [0.3, 0.4) is 0 Å². The number of benzene rings is 2. The third-order valence-electron chi connectivity index (χ3n) is 5.92. The number of nitriles is 1. The Morgan fingerprint density at radius 1 is 1.24 bits per heavy atom. The maximum absolute atomic E-state index is 12.8. The smallest absolute Gasteiger partial charge is 0.387 e. The van der Waals surface area contributed by atoms with Gasteiger partial charge in [0.2, 0.25) is 0 Å². The molecule has 1 aliphatic carbocycles. The van der Waals surface area contributed by atoms with Gasteiger partial charge in [0.25, 0.3) is 0 Å². The van der Waals surface area contributed by atoms with E-state index in [4.69, 9.17) is 0 Å². The average molecular weight is 453 g/mol. The van der Waals surface area contributed by atoms with Crippen molar-refractivity contribution in [3.8, 4) is 23.1 Å². The van der Waals surface area contributed by atoms with Gasteiger partial charge in [-0.05, 0) is 61.9 Å². The van der Waals surface area contributed by atoms with Crippen molar-refractivity contribution in [3.05, 3.63) is 48.0 Å². The number of nitrogens with one attached hydrogen (secondary N) is 2. The van der Waals surface area contributed by atoms with Crippen LogP contribution in [0.2, 0.25) is 0 Å². The zero-order valence-electron chi connectivity index (χ0n) is 18.6. The normalized spacial score (nSPS) is 14.2. The van der Waals surface area contributed by atoms with Gasteiger partial charge in [0, 0.05) is 29.7 Å². The molecule has 1 aliphatic rings. The quantitative estimate of drug-likeness (QED) is 0.433. The van der Waals surface area contributed by atoms with Gasteiger partial charge in [0.15, 0.2) is 0 Å². The predicted molar refractivity (Wildman–Crippen MR) is 123 cm³/mol. The molecule has 2 N–H and O–H groups in total. The molecule has 1 aromatic heterocycles. The summed E-state index contributed by atoms with van der Waals surface area (Å²) in [5.74, 6) is 0.561. The molecule has 0 spiro atoms. The Morgan fingerprint density at radius 2 is 1.97 bits per heavy atom. The molecule has 6 nitrogen and oxygen atoms in total. The maximum atomic E-state index is 12.8. The summed E-state index contributed by atoms with van der Waals surface area (Å²) < 4.78 is 32.1. The Hall–Kier alpha value is -3.60. The summed E-state index contributed by atoms with van der Waals surface area (Å²) in [6.45, 7) is 1.71. The molecule has 4 rings (SSSR count). The zero-order valence-corrected chi connectivity index (χ0v) is 18.6. The molecule has 1 unspecified atom stereocenters. The topological polar surface area (TPSA) is 79.1 Å². The third-order valence-corrected chi connectivity index (χ3v) is 5.92. The average Bonchev–Trinajstić information content (AvgIpc) is 3.55. The van der Waals surface area contributed by atoms with Gasteiger partial charge < -0.3 is 19.9 Å². The Balaban J connectivity index is 1.71. The lowest BCUT2D eigenvalue weighted by Gasteiger charge is -2.14. The standard InChI is InChI=1S/C25H26F2N4O2/c1-3-15(2)29-25(32)30-18-8-6-17(7-9-18)23-21(13-28)20-11-10-19(33-24(26)27)12-22(20)31(23)14-16-4-5-16/h6-12,15-16,24H,3-5,14H2,1-2H3,(H2,29,30,32). The number of fused-ring (bicyclic) bond motifs is 1. The van der Waals surface area contributed by atoms with Gasteiger partial charge in [-0.3, -0.25) is 0 Å². The number of nitrogens with zero attached hydrogens (tertiary/aromatic N) is 2. The highest BCUT2D eigenvalue weighted by molar-refractivity contribution is 5.96. The molecule has 172 valence electrons. The monoisotopic (exact) mass is 452 g/mol. The van der Waals surface area contributed by atoms with Crippen LogP contribution in [0.4, 0.5) is 19.3 Å². The first kappa shape index (κ1) is 22.6. The van der Waals surface area contributed by atoms with Crippen molar-refractivity contribution in [1.82, 2.24) is 9.88 Å². The number of urea groups is 1. The molecule has 0 aliphatic heterocycles. The van der Waals surface area contributed by atoms with Crippen molar-refractivity contribution in [2.75, 3.05) is 5.32 Å². The summed E-state index contributed by atoms with van der Waals surface area (Å²) in [4.78, 5) is 12.1. The summed E-state index contributed by atoms with van der Waals surface area (Å²) in [5.41, 5.74) is 3.37. The number of ether oxygens (including phenoxy) is 1. The lowest BCUT2D eigenvalue weighted by molar-refractivity contribution is -0.0497. The minimum Gasteiger partial charge on any atom is -0.435 e. The number of hydrogen-bond acceptors (Lipinski definition) is 3. The number of anilines is 1. The second kappa shape index (κ2) is 9.49. The van der Waals surface area contributed by atoms with Crippen LogP contribution in [0.1, 0.15) is 38.7 Å². The molecule has 1 fully saturated rings. The zero-order chi connectivity index (χ0) is 23.5. The van der Waals surface area contributed by atoms with E-state index in [2.05, 4.69) is 21.4 Å². The van der Waals surface area contributed by atoms with Gasteiger partial charge in [-0.1, -0.05) is 19.1 Å². The molecule has 2 amide bonds. The minimum absolute atomic E-state index is 0.0648. The van der Waals surface area contributed by atoms with E-state index in [9.17, 15) is 18.8 Å². The number of alkyl halides is 2. The molecule has 1 heterocycles. The van der Waals surface area contributed by atoms with E-state index in [0.717, 1.165) is 30.5 Å². The SMILES string of the molecule is CCC(C)NC(=O)Nc1ccc(-c2c(C#N)c3ccc(OC(F)F)cc3n2CC2CC2)cc1. The van der Waals surface area contributed by atoms with Crippen LogP contribution in [-0.2, 0) is 6.54 Å². The largest absolute Gasteiger partial charge is 0.435 e. The van der Waals surface area contributed by atoms with Gasteiger partial charge in [-0.15, -0.1) is 0 Å². The van der Waals surface area contributed by atoms with E-state index < -0.39 is 6.61 Å². The summed E-state index contributed by atoms with van der Waals surface area (Å²) in [6, 6.07) is 14.1. The van der Waals surface area contributed by atoms with E-state index in [0.29, 0.717) is 34.6 Å². The van der Waals surface area contributed by atoms with E-state index in [1.807, 2.05) is 30.5 Å². The van der Waals surface area contributed by atoms with E-state index >= 15 is 0 Å². The van der Waals surface area contributed by atoms with Gasteiger partial charge in [-0.2, -0.15) is 14.0 Å². The second-order valence-electron chi connectivity index (χ2n) is 8.43. The third kappa shape index (κ3) is 5.08. The number of carbonyl (C=O) groups is 1. The number of carbonyl (C=O) groups excluding carboxylic acids is 1. The molecular formula is C25H26F2N4O2. The Labute approximate surface area is 191 Å². The number of hydrogen-bond donors (Lipinski definition) is 2. The van der Waals surface area contributed by atoms with Crippen LogP contribution in [0.25, 0.3) is 22.2 Å². The molecule has 1 saturated carbocycles. The Morgan fingerprint density at radius 3 is 2.58 bits per heavy atom. The van der Waals surface area contributed by atoms with Crippen LogP contribution < -0.4 is 15.4 Å². The minimum atomic E-state index is -2.92. The molecule has 0 bridgehead atoms. The molecule has 0 saturated heterocycles. The van der Waals surface area contributed by atoms with Crippen LogP contribution in [0.15, 0.2) is 42.5 Å². The van der Waals surface area contributed by atoms with Crippen molar-refractivity contribution < 1.29 is 18.3 Å². The number of amides is 2. The van der Waals surface area contributed by atoms with Crippen molar-refractivity contribution in [1.29, 1.82) is 5.26 Å². The highest BCUT2D eigenvalue weighted by atomic mass is 19.3. The maximum Gasteiger partial charge on any atom is 0.387 e. The molecule has 0 radical (unpaired) electrons. The fraction of sp³-hybridized carbons (Fsp3) is 0.360. The highest BCUT2D eigenvalue weighted by Crippen LogP contribution is 2.39. The van der Waals surface area contributed by atoms with Crippen LogP contribution in [0, 0.1) is 17.2 Å². The van der Waals surface area contributed by atoms with Crippen LogP contribution in [0.5, 0.6) is 5.75 Å². The lowest BCUT2D eigenvalue weighted by atomic mass is 10.1. The second-order valence-corrected chi connectivity index (χ2v) is 8.43. The van der Waals surface area contributed by atoms with Crippen molar-refractivity contribution in [2.45, 2.75) is 52.3 Å². The molecule has 2 aromatic carbocycles. The van der Waals surface area contributed by atoms with Crippen LogP contribution >= 0.6 is 0 Å². The number of aromatic nitrogens is 1. The first-order valence-electron chi connectivity index (χ1n) is 11.1. The Bertz CT molecular complexity index is 1190. The summed E-state index contributed by atoms with van der Waals surface area (Å²) >= 11 is 0. The van der Waals surface area contributed by atoms with Gasteiger partial charge >= 0.3 is 12.6 Å². The summed E-state index contributed by atoms with van der Waals surface area (Å²) in [5, 5.41) is 16.3. The van der Waals surface area contributed by atoms with E-state index in [1.54, 1.807) is 24.3 Å². The molecule has 8 heteroatoms. The van der Waals surface area contributed by atoms with E-state index in [1.165, 1.54) is 6.07 Å². The van der Waals surface area contributed by atoms with E-state index in [-0.39, 0.29) is 17.8 Å². The van der Waals surface area contributed by atoms with Gasteiger partial charge in [0.05, 0.1) is 16.8 Å². The molecule has 1 atom stereocenters. The molecule has 33 heavy (non-hydrogen) atoms. The number of rotatable bonds is 8. The molecule has 3 aromatic rings. The van der Waals surface area contributed by atoms with Crippen molar-refractivity contribution >= 4 is 22.6 Å². The van der Waals surface area contributed by atoms with Gasteiger partial charge in [0.1, 0.15) is 11.8 Å². The highest BCUT2D eigenvalue weighted by Gasteiger charge is 2.27. The first-order valence-corrected chi connectivity index (χ1v) is 11.1.